The lowest BCUT2D eigenvalue weighted by molar-refractivity contribution is -0.137. The minimum atomic E-state index is -4.83. The number of fused-ring (bicyclic) bond motifs is 1. The van der Waals surface area contributed by atoms with Crippen molar-refractivity contribution in [1.82, 2.24) is 9.88 Å². The Hall–Kier alpha value is -3.60. The van der Waals surface area contributed by atoms with Crippen molar-refractivity contribution in [3.05, 3.63) is 53.5 Å². The van der Waals surface area contributed by atoms with Crippen molar-refractivity contribution in [1.29, 1.82) is 0 Å². The third kappa shape index (κ3) is 5.15. The van der Waals surface area contributed by atoms with Gasteiger partial charge < -0.3 is 24.6 Å². The van der Waals surface area contributed by atoms with Crippen LogP contribution in [0.25, 0.3) is 10.9 Å². The van der Waals surface area contributed by atoms with Gasteiger partial charge in [-0.3, -0.25) is 4.98 Å². The first kappa shape index (κ1) is 25.5. The van der Waals surface area contributed by atoms with E-state index in [-0.39, 0.29) is 17.9 Å². The molecular weight excluding hydrogens is 480 g/mol. The molecule has 4 rings (SSSR count). The average molecular weight is 507 g/mol. The Balaban J connectivity index is 1.92. The van der Waals surface area contributed by atoms with Gasteiger partial charge in [0.15, 0.2) is 0 Å². The number of carbonyl (C=O) groups is 1. The van der Waals surface area contributed by atoms with Crippen molar-refractivity contribution in [2.75, 3.05) is 57.2 Å². The molecule has 0 atom stereocenters. The number of pyridine rings is 1. The molecular formula is C25H26F4N4O3. The lowest BCUT2D eigenvalue weighted by Crippen LogP contribution is -2.44. The van der Waals surface area contributed by atoms with Crippen molar-refractivity contribution in [2.24, 2.45) is 0 Å². The summed E-state index contributed by atoms with van der Waals surface area (Å²) in [6.45, 7) is 4.74. The highest BCUT2D eigenvalue weighted by molar-refractivity contribution is 6.07. The maximum atomic E-state index is 13.7. The molecule has 0 saturated carbocycles. The van der Waals surface area contributed by atoms with Crippen LogP contribution in [-0.4, -0.2) is 62.8 Å². The summed E-state index contributed by atoms with van der Waals surface area (Å²) >= 11 is 0. The van der Waals surface area contributed by atoms with Gasteiger partial charge in [-0.25, -0.2) is 9.18 Å². The number of esters is 1. The van der Waals surface area contributed by atoms with Gasteiger partial charge in [0, 0.05) is 43.8 Å². The van der Waals surface area contributed by atoms with Crippen molar-refractivity contribution in [3.63, 3.8) is 0 Å². The molecule has 1 aliphatic rings. The predicted octanol–water partition coefficient (Wildman–Crippen LogP) is 5.07. The molecule has 1 saturated heterocycles. The predicted molar refractivity (Wildman–Crippen MR) is 129 cm³/mol. The molecule has 1 aliphatic heterocycles. The van der Waals surface area contributed by atoms with Crippen LogP contribution in [0.3, 0.4) is 0 Å². The van der Waals surface area contributed by atoms with Gasteiger partial charge in [0.25, 0.3) is 0 Å². The first-order valence-electron chi connectivity index (χ1n) is 11.4. The van der Waals surface area contributed by atoms with Crippen LogP contribution >= 0.6 is 0 Å². The first-order chi connectivity index (χ1) is 17.1. The third-order valence-corrected chi connectivity index (χ3v) is 6.05. The monoisotopic (exact) mass is 506 g/mol. The topological polar surface area (TPSA) is 66.9 Å². The highest BCUT2D eigenvalue weighted by Crippen LogP contribution is 2.41. The largest absolute Gasteiger partial charge is 0.495 e. The van der Waals surface area contributed by atoms with E-state index < -0.39 is 29.2 Å². The van der Waals surface area contributed by atoms with Crippen LogP contribution in [-0.2, 0) is 10.9 Å². The molecule has 1 fully saturated rings. The number of methoxy groups -OCH3 is 1. The van der Waals surface area contributed by atoms with Gasteiger partial charge in [0.05, 0.1) is 41.9 Å². The van der Waals surface area contributed by atoms with E-state index in [4.69, 9.17) is 9.47 Å². The molecule has 0 spiro atoms. The second-order valence-corrected chi connectivity index (χ2v) is 8.41. The molecule has 0 bridgehead atoms. The number of nitrogens with zero attached hydrogens (tertiary/aromatic N) is 3. The van der Waals surface area contributed by atoms with E-state index in [1.807, 2.05) is 7.05 Å². The number of benzene rings is 2. The number of nitrogens with one attached hydrogen (secondary N) is 1. The van der Waals surface area contributed by atoms with Crippen LogP contribution in [0.4, 0.5) is 34.6 Å². The lowest BCUT2D eigenvalue weighted by Gasteiger charge is -2.35. The van der Waals surface area contributed by atoms with Crippen LogP contribution in [0.1, 0.15) is 22.8 Å². The van der Waals surface area contributed by atoms with E-state index >= 15 is 0 Å². The molecule has 0 radical (unpaired) electrons. The Kier molecular flexibility index (Phi) is 7.21. The molecule has 1 aromatic heterocycles. The van der Waals surface area contributed by atoms with E-state index in [1.165, 1.54) is 13.3 Å². The first-order valence-corrected chi connectivity index (χ1v) is 11.4. The molecule has 0 amide bonds. The fraction of sp³-hybridized carbons (Fsp3) is 0.360. The number of hydrogen-bond donors (Lipinski definition) is 1. The summed E-state index contributed by atoms with van der Waals surface area (Å²) in [6.07, 6.45) is -3.58. The summed E-state index contributed by atoms with van der Waals surface area (Å²) in [7, 11) is 3.55. The SMILES string of the molecule is CCOC(=O)c1cnc2cc(OC)c(N3CCN(C)CC3)cc2c1Nc1ccc(F)cc1C(F)(F)F. The molecule has 2 heterocycles. The Bertz CT molecular complexity index is 1270. The maximum Gasteiger partial charge on any atom is 0.418 e. The van der Waals surface area contributed by atoms with E-state index in [1.54, 1.807) is 19.1 Å². The van der Waals surface area contributed by atoms with Gasteiger partial charge in [0.1, 0.15) is 17.1 Å². The summed E-state index contributed by atoms with van der Waals surface area (Å²) in [5.41, 5.74) is -0.450. The maximum absolute atomic E-state index is 13.7. The fourth-order valence-electron chi connectivity index (χ4n) is 4.16. The summed E-state index contributed by atoms with van der Waals surface area (Å²) in [5, 5.41) is 3.13. The molecule has 3 aromatic rings. The van der Waals surface area contributed by atoms with Gasteiger partial charge >= 0.3 is 12.1 Å². The molecule has 36 heavy (non-hydrogen) atoms. The zero-order valence-electron chi connectivity index (χ0n) is 20.1. The molecule has 192 valence electrons. The summed E-state index contributed by atoms with van der Waals surface area (Å²) in [6, 6.07) is 5.75. The van der Waals surface area contributed by atoms with Gasteiger partial charge in [-0.1, -0.05) is 0 Å². The fourth-order valence-corrected chi connectivity index (χ4v) is 4.16. The smallest absolute Gasteiger partial charge is 0.418 e. The summed E-state index contributed by atoms with van der Waals surface area (Å²) in [5.74, 6) is -1.23. The van der Waals surface area contributed by atoms with Crippen LogP contribution in [0, 0.1) is 5.82 Å². The van der Waals surface area contributed by atoms with Crippen molar-refractivity contribution >= 4 is 33.9 Å². The van der Waals surface area contributed by atoms with Crippen LogP contribution in [0.5, 0.6) is 5.75 Å². The number of likely N-dealkylation sites (N-methyl/N-ethyl adjacent to an activating group) is 1. The Morgan fingerprint density at radius 2 is 1.86 bits per heavy atom. The number of rotatable bonds is 6. The van der Waals surface area contributed by atoms with E-state index in [9.17, 15) is 22.4 Å². The van der Waals surface area contributed by atoms with Gasteiger partial charge in [0.2, 0.25) is 0 Å². The normalized spacial score (nSPS) is 14.7. The number of hydrogen-bond acceptors (Lipinski definition) is 7. The number of halogens is 4. The Morgan fingerprint density at radius 1 is 1.14 bits per heavy atom. The highest BCUT2D eigenvalue weighted by Gasteiger charge is 2.34. The second kappa shape index (κ2) is 10.2. The molecule has 0 unspecified atom stereocenters. The van der Waals surface area contributed by atoms with Crippen LogP contribution in [0.2, 0.25) is 0 Å². The van der Waals surface area contributed by atoms with Crippen molar-refractivity contribution in [3.8, 4) is 5.75 Å². The minimum absolute atomic E-state index is 0.0451. The summed E-state index contributed by atoms with van der Waals surface area (Å²) in [4.78, 5) is 21.4. The number of anilines is 3. The molecule has 2 aromatic carbocycles. The Labute approximate surface area is 205 Å². The van der Waals surface area contributed by atoms with Crippen molar-refractivity contribution in [2.45, 2.75) is 13.1 Å². The molecule has 11 heteroatoms. The van der Waals surface area contributed by atoms with E-state index in [0.29, 0.717) is 35.8 Å². The quantitative estimate of drug-likeness (QED) is 0.370. The number of ether oxygens (including phenoxy) is 2. The Morgan fingerprint density at radius 3 is 2.50 bits per heavy atom. The standard InChI is InChI=1S/C25H26F4N4O3/c1-4-36-24(34)17-14-30-20-13-22(35-3)21(33-9-7-32(2)8-10-33)12-16(20)23(17)31-19-6-5-15(26)11-18(19)25(27,28)29/h5-6,11-14H,4,7-10H2,1-3H3,(H,30,31). The number of alkyl halides is 3. The lowest BCUT2D eigenvalue weighted by atomic mass is 10.1. The summed E-state index contributed by atoms with van der Waals surface area (Å²) < 4.78 is 65.6. The van der Waals surface area contributed by atoms with Gasteiger partial charge in [-0.15, -0.1) is 0 Å². The second-order valence-electron chi connectivity index (χ2n) is 8.41. The molecule has 7 nitrogen and oxygen atoms in total. The zero-order chi connectivity index (χ0) is 26.0. The average Bonchev–Trinajstić information content (AvgIpc) is 2.84. The highest BCUT2D eigenvalue weighted by atomic mass is 19.4. The molecule has 0 aliphatic carbocycles. The van der Waals surface area contributed by atoms with Gasteiger partial charge in [-0.2, -0.15) is 13.2 Å². The zero-order valence-corrected chi connectivity index (χ0v) is 20.1. The van der Waals surface area contributed by atoms with Crippen LogP contribution in [0.15, 0.2) is 36.5 Å². The minimum Gasteiger partial charge on any atom is -0.495 e. The van der Waals surface area contributed by atoms with E-state index in [0.717, 1.165) is 30.9 Å². The number of piperazine rings is 1. The number of carbonyl (C=O) groups excluding carboxylic acids is 1. The number of aromatic nitrogens is 1. The van der Waals surface area contributed by atoms with Crippen molar-refractivity contribution < 1.29 is 31.8 Å². The van der Waals surface area contributed by atoms with E-state index in [2.05, 4.69) is 20.1 Å². The van der Waals surface area contributed by atoms with Gasteiger partial charge in [-0.05, 0) is 38.2 Å². The van der Waals surface area contributed by atoms with Crippen LogP contribution < -0.4 is 15.0 Å². The third-order valence-electron chi connectivity index (χ3n) is 6.05. The molecule has 1 N–H and O–H groups in total.